The van der Waals surface area contributed by atoms with Crippen molar-refractivity contribution >= 4 is 5.97 Å². The second-order valence-corrected chi connectivity index (χ2v) is 7.22. The summed E-state index contributed by atoms with van der Waals surface area (Å²) in [4.78, 5) is 11.8. The maximum Gasteiger partial charge on any atom is 0.311 e. The molecule has 0 saturated heterocycles. The molecule has 0 aromatic heterocycles. The Morgan fingerprint density at radius 3 is 1.36 bits per heavy atom. The van der Waals surface area contributed by atoms with Crippen LogP contribution in [0.3, 0.4) is 0 Å². The second kappa shape index (κ2) is 18.3. The van der Waals surface area contributed by atoms with Crippen molar-refractivity contribution < 1.29 is 9.53 Å². The summed E-state index contributed by atoms with van der Waals surface area (Å²) >= 11 is 0. The number of hydrogen-bond acceptors (Lipinski definition) is 2. The van der Waals surface area contributed by atoms with E-state index >= 15 is 0 Å². The molecule has 2 heteroatoms. The van der Waals surface area contributed by atoms with Crippen molar-refractivity contribution in [1.29, 1.82) is 0 Å². The van der Waals surface area contributed by atoms with Gasteiger partial charge in [0.2, 0.25) is 0 Å². The highest BCUT2D eigenvalue weighted by Gasteiger charge is 2.27. The normalized spacial score (nSPS) is 13.4. The highest BCUT2D eigenvalue weighted by Crippen LogP contribution is 2.22. The standard InChI is InChI=1S/C26H40O2/c1-5-7-8-9-10-11-12-13-14-15-16-17-18-19-20-21-22-23-24-26(3,4)25(27)28-6-2/h7-8,10-11,13-14,16-17,19-20,22-23H,5-6,9,12,15,18,21,24H2,1-4H3. The van der Waals surface area contributed by atoms with Crippen LogP contribution in [0.15, 0.2) is 72.9 Å². The Kier molecular flexibility index (Phi) is 16.9. The molecule has 28 heavy (non-hydrogen) atoms. The smallest absolute Gasteiger partial charge is 0.311 e. The van der Waals surface area contributed by atoms with E-state index in [1.54, 1.807) is 0 Å². The van der Waals surface area contributed by atoms with E-state index in [-0.39, 0.29) is 5.97 Å². The van der Waals surface area contributed by atoms with Crippen molar-refractivity contribution in [1.82, 2.24) is 0 Å². The minimum absolute atomic E-state index is 0.130. The van der Waals surface area contributed by atoms with Crippen LogP contribution in [-0.4, -0.2) is 12.6 Å². The molecule has 0 spiro atoms. The number of rotatable bonds is 15. The summed E-state index contributed by atoms with van der Waals surface area (Å²) in [5.74, 6) is -0.130. The molecule has 0 fully saturated rings. The van der Waals surface area contributed by atoms with Gasteiger partial charge in [0.25, 0.3) is 0 Å². The van der Waals surface area contributed by atoms with Gasteiger partial charge in [0.15, 0.2) is 0 Å². The van der Waals surface area contributed by atoms with E-state index in [4.69, 9.17) is 4.74 Å². The van der Waals surface area contributed by atoms with Crippen molar-refractivity contribution in [2.24, 2.45) is 5.41 Å². The summed E-state index contributed by atoms with van der Waals surface area (Å²) < 4.78 is 5.09. The first-order valence-electron chi connectivity index (χ1n) is 10.6. The molecule has 0 aromatic rings. The average Bonchev–Trinajstić information content (AvgIpc) is 2.67. The summed E-state index contributed by atoms with van der Waals surface area (Å²) in [6, 6.07) is 0. The number of ether oxygens (including phenoxy) is 1. The molecule has 2 nitrogen and oxygen atoms in total. The van der Waals surface area contributed by atoms with Crippen LogP contribution < -0.4 is 0 Å². The minimum Gasteiger partial charge on any atom is -0.466 e. The first-order valence-corrected chi connectivity index (χ1v) is 10.6. The third-order valence-corrected chi connectivity index (χ3v) is 4.05. The molecule has 0 atom stereocenters. The first-order chi connectivity index (χ1) is 13.5. The SMILES string of the molecule is CCC=CCC=CCC=CCC=CCC=CCC=CCC(C)(C)C(=O)OCC. The Balaban J connectivity index is 3.77. The van der Waals surface area contributed by atoms with E-state index in [1.807, 2.05) is 20.8 Å². The zero-order chi connectivity index (χ0) is 20.9. The van der Waals surface area contributed by atoms with Crippen molar-refractivity contribution in [2.45, 2.75) is 72.6 Å². The molecule has 0 N–H and O–H groups in total. The lowest BCUT2D eigenvalue weighted by atomic mass is 9.89. The number of esters is 1. The van der Waals surface area contributed by atoms with E-state index in [2.05, 4.69) is 79.8 Å². The maximum atomic E-state index is 11.8. The Morgan fingerprint density at radius 1 is 0.643 bits per heavy atom. The molecule has 0 aliphatic carbocycles. The molecule has 0 unspecified atom stereocenters. The van der Waals surface area contributed by atoms with Crippen LogP contribution in [0.5, 0.6) is 0 Å². The number of hydrogen-bond donors (Lipinski definition) is 0. The molecule has 0 rings (SSSR count). The Morgan fingerprint density at radius 2 is 1.00 bits per heavy atom. The molecule has 0 aliphatic rings. The molecule has 156 valence electrons. The van der Waals surface area contributed by atoms with Crippen molar-refractivity contribution in [2.75, 3.05) is 6.61 Å². The lowest BCUT2D eigenvalue weighted by Crippen LogP contribution is -2.25. The number of allylic oxidation sites excluding steroid dienone is 12. The van der Waals surface area contributed by atoms with Gasteiger partial charge in [0.1, 0.15) is 0 Å². The summed E-state index contributed by atoms with van der Waals surface area (Å²) in [5, 5.41) is 0. The fourth-order valence-electron chi connectivity index (χ4n) is 2.31. The van der Waals surface area contributed by atoms with E-state index in [0.29, 0.717) is 13.0 Å². The predicted octanol–water partition coefficient (Wildman–Crippen LogP) is 7.66. The zero-order valence-electron chi connectivity index (χ0n) is 18.4. The van der Waals surface area contributed by atoms with Gasteiger partial charge >= 0.3 is 5.97 Å². The molecular formula is C26H40O2. The summed E-state index contributed by atoms with van der Waals surface area (Å²) in [6.45, 7) is 8.27. The summed E-state index contributed by atoms with van der Waals surface area (Å²) in [7, 11) is 0. The van der Waals surface area contributed by atoms with Gasteiger partial charge in [-0.3, -0.25) is 4.79 Å². The molecular weight excluding hydrogens is 344 g/mol. The molecule has 0 aliphatic heterocycles. The quantitative estimate of drug-likeness (QED) is 0.214. The summed E-state index contributed by atoms with van der Waals surface area (Å²) in [6.07, 6.45) is 32.8. The van der Waals surface area contributed by atoms with Crippen LogP contribution in [0, 0.1) is 5.41 Å². The Hall–Kier alpha value is -2.09. The van der Waals surface area contributed by atoms with Crippen molar-refractivity contribution in [3.05, 3.63) is 72.9 Å². The number of carbonyl (C=O) groups is 1. The third kappa shape index (κ3) is 16.1. The zero-order valence-corrected chi connectivity index (χ0v) is 18.4. The molecule has 0 bridgehead atoms. The van der Waals surface area contributed by atoms with Crippen molar-refractivity contribution in [3.8, 4) is 0 Å². The third-order valence-electron chi connectivity index (χ3n) is 4.05. The largest absolute Gasteiger partial charge is 0.466 e. The Bertz CT molecular complexity index is 557. The molecule has 0 amide bonds. The average molecular weight is 385 g/mol. The van der Waals surface area contributed by atoms with Gasteiger partial charge in [-0.2, -0.15) is 0 Å². The van der Waals surface area contributed by atoms with Crippen LogP contribution in [0.2, 0.25) is 0 Å². The highest BCUT2D eigenvalue weighted by molar-refractivity contribution is 5.76. The van der Waals surface area contributed by atoms with Gasteiger partial charge in [0.05, 0.1) is 12.0 Å². The molecule has 0 heterocycles. The molecule has 0 saturated carbocycles. The lowest BCUT2D eigenvalue weighted by Gasteiger charge is -2.20. The fourth-order valence-corrected chi connectivity index (χ4v) is 2.31. The molecule has 0 radical (unpaired) electrons. The summed E-state index contributed by atoms with van der Waals surface area (Å²) in [5.41, 5.74) is -0.450. The first kappa shape index (κ1) is 25.9. The molecule has 0 aromatic carbocycles. The topological polar surface area (TPSA) is 26.3 Å². The fraction of sp³-hybridized carbons (Fsp3) is 0.500. The van der Waals surface area contributed by atoms with Crippen LogP contribution in [-0.2, 0) is 9.53 Å². The van der Waals surface area contributed by atoms with E-state index in [1.165, 1.54) is 0 Å². The monoisotopic (exact) mass is 384 g/mol. The number of carbonyl (C=O) groups excluding carboxylic acids is 1. The van der Waals surface area contributed by atoms with E-state index in [9.17, 15) is 4.79 Å². The maximum absolute atomic E-state index is 11.8. The lowest BCUT2D eigenvalue weighted by molar-refractivity contribution is -0.153. The Labute approximate surface area is 173 Å². The van der Waals surface area contributed by atoms with Crippen LogP contribution in [0.25, 0.3) is 0 Å². The van der Waals surface area contributed by atoms with E-state index in [0.717, 1.165) is 38.5 Å². The van der Waals surface area contributed by atoms with Gasteiger partial charge in [-0.1, -0.05) is 79.8 Å². The predicted molar refractivity (Wildman–Crippen MR) is 123 cm³/mol. The van der Waals surface area contributed by atoms with E-state index < -0.39 is 5.41 Å². The van der Waals surface area contributed by atoms with Gasteiger partial charge in [0, 0.05) is 0 Å². The van der Waals surface area contributed by atoms with Gasteiger partial charge in [-0.15, -0.1) is 0 Å². The van der Waals surface area contributed by atoms with Crippen LogP contribution in [0.4, 0.5) is 0 Å². The van der Waals surface area contributed by atoms with Gasteiger partial charge in [-0.05, 0) is 65.7 Å². The van der Waals surface area contributed by atoms with Gasteiger partial charge < -0.3 is 4.74 Å². The highest BCUT2D eigenvalue weighted by atomic mass is 16.5. The minimum atomic E-state index is -0.450. The van der Waals surface area contributed by atoms with Crippen molar-refractivity contribution in [3.63, 3.8) is 0 Å². The second-order valence-electron chi connectivity index (χ2n) is 7.22. The van der Waals surface area contributed by atoms with Gasteiger partial charge in [-0.25, -0.2) is 0 Å². The van der Waals surface area contributed by atoms with Crippen LogP contribution >= 0.6 is 0 Å². The van der Waals surface area contributed by atoms with Crippen LogP contribution in [0.1, 0.15) is 72.6 Å².